The van der Waals surface area contributed by atoms with Gasteiger partial charge in [-0.05, 0) is 11.1 Å². The number of thiol groups is 1. The van der Waals surface area contributed by atoms with E-state index in [1.165, 1.54) is 11.1 Å². The molecular weight excluding hydrogens is 168 g/mol. The summed E-state index contributed by atoms with van der Waals surface area (Å²) in [5.41, 5.74) is 3.36. The van der Waals surface area contributed by atoms with Crippen molar-refractivity contribution in [2.75, 3.05) is 0 Å². The largest absolute Gasteiger partial charge is 0.205 e. The molecule has 1 unspecified atom stereocenters. The molecule has 0 nitrogen and oxygen atoms in total. The van der Waals surface area contributed by atoms with Gasteiger partial charge in [-0.3, -0.25) is 0 Å². The second-order valence-electron chi connectivity index (χ2n) is 2.59. The number of allylic oxidation sites excluding steroid dienone is 1. The van der Waals surface area contributed by atoms with Gasteiger partial charge < -0.3 is 0 Å². The topological polar surface area (TPSA) is 0 Å². The zero-order valence-corrected chi connectivity index (χ0v) is 7.88. The smallest absolute Gasteiger partial charge is 0.130 e. The first-order chi connectivity index (χ1) is 5.42. The first-order valence-corrected chi connectivity index (χ1v) is 5.95. The van der Waals surface area contributed by atoms with E-state index in [4.69, 9.17) is 0 Å². The minimum absolute atomic E-state index is 0.564. The van der Waals surface area contributed by atoms with Crippen molar-refractivity contribution < 1.29 is 0 Å². The highest BCUT2D eigenvalue weighted by Crippen LogP contribution is 2.28. The molecule has 11 heavy (non-hydrogen) atoms. The van der Waals surface area contributed by atoms with Crippen molar-refractivity contribution in [1.82, 2.24) is 0 Å². The van der Waals surface area contributed by atoms with Crippen molar-refractivity contribution in [3.63, 3.8) is 0 Å². The van der Waals surface area contributed by atoms with Crippen LogP contribution in [-0.4, -0.2) is 8.67 Å². The van der Waals surface area contributed by atoms with Gasteiger partial charge in [0.25, 0.3) is 0 Å². The van der Waals surface area contributed by atoms with Gasteiger partial charge in [-0.2, -0.15) is 0 Å². The summed E-state index contributed by atoms with van der Waals surface area (Å²) in [7, 11) is 0.686. The average molecular weight is 176 g/mol. The molecule has 1 atom stereocenters. The van der Waals surface area contributed by atoms with Crippen molar-refractivity contribution in [2.24, 2.45) is 0 Å². The maximum absolute atomic E-state index is 4.32. The molecule has 0 saturated carbocycles. The van der Waals surface area contributed by atoms with Crippen LogP contribution in [-0.2, 0) is 0 Å². The third kappa shape index (κ3) is 1.16. The van der Waals surface area contributed by atoms with Crippen LogP contribution in [0, 0.1) is 0 Å². The summed E-state index contributed by atoms with van der Waals surface area (Å²) in [6.45, 7) is 0. The van der Waals surface area contributed by atoms with Crippen LogP contribution in [0.2, 0.25) is 0 Å². The first-order valence-electron chi connectivity index (χ1n) is 3.58. The lowest BCUT2D eigenvalue weighted by Crippen LogP contribution is -1.96. The Morgan fingerprint density at radius 3 is 2.91 bits per heavy atom. The highest BCUT2D eigenvalue weighted by Gasteiger charge is 2.14. The zero-order chi connectivity index (χ0) is 7.68. The van der Waals surface area contributed by atoms with Gasteiger partial charge >= 0.3 is 0 Å². The minimum Gasteiger partial charge on any atom is -0.205 e. The first kappa shape index (κ1) is 7.19. The lowest BCUT2D eigenvalue weighted by molar-refractivity contribution is 1.24. The zero-order valence-electron chi connectivity index (χ0n) is 5.99. The van der Waals surface area contributed by atoms with Gasteiger partial charge in [-0.1, -0.05) is 36.4 Å². The molecule has 2 radical (unpaired) electrons. The Labute approximate surface area is 74.2 Å². The van der Waals surface area contributed by atoms with Crippen LogP contribution in [0.5, 0.6) is 0 Å². The second kappa shape index (κ2) is 2.87. The molecule has 1 aliphatic carbocycles. The Bertz CT molecular complexity index is 293. The SMILES string of the molecule is S[Si]C1C=Cc2ccccc21. The van der Waals surface area contributed by atoms with E-state index in [-0.39, 0.29) is 0 Å². The van der Waals surface area contributed by atoms with Crippen LogP contribution in [0.3, 0.4) is 0 Å². The third-order valence-electron chi connectivity index (χ3n) is 1.94. The molecule has 1 aliphatic rings. The molecule has 0 aliphatic heterocycles. The predicted octanol–water partition coefficient (Wildman–Crippen LogP) is 2.30. The van der Waals surface area contributed by atoms with Gasteiger partial charge in [-0.15, -0.1) is 0 Å². The normalized spacial score (nSPS) is 20.3. The van der Waals surface area contributed by atoms with E-state index in [1.54, 1.807) is 0 Å². The molecule has 0 amide bonds. The molecule has 2 rings (SSSR count). The summed E-state index contributed by atoms with van der Waals surface area (Å²) in [6, 6.07) is 8.50. The molecule has 0 heterocycles. The van der Waals surface area contributed by atoms with Crippen molar-refractivity contribution in [2.45, 2.75) is 5.54 Å². The maximum atomic E-state index is 4.32. The summed E-state index contributed by atoms with van der Waals surface area (Å²) in [5.74, 6) is 0. The highest BCUT2D eigenvalue weighted by atomic mass is 32.3. The monoisotopic (exact) mass is 176 g/mol. The molecule has 0 fully saturated rings. The van der Waals surface area contributed by atoms with Crippen LogP contribution in [0.4, 0.5) is 0 Å². The van der Waals surface area contributed by atoms with Gasteiger partial charge in [-0.25, -0.2) is 12.1 Å². The number of hydrogen-bond donors (Lipinski definition) is 1. The highest BCUT2D eigenvalue weighted by molar-refractivity contribution is 8.06. The number of rotatable bonds is 1. The van der Waals surface area contributed by atoms with Crippen LogP contribution in [0.15, 0.2) is 30.3 Å². The van der Waals surface area contributed by atoms with Gasteiger partial charge in [0.15, 0.2) is 0 Å². The average Bonchev–Trinajstić information content (AvgIpc) is 2.47. The molecular formula is C9H8SSi. The Morgan fingerprint density at radius 2 is 2.09 bits per heavy atom. The predicted molar refractivity (Wildman–Crippen MR) is 53.0 cm³/mol. The summed E-state index contributed by atoms with van der Waals surface area (Å²) in [4.78, 5) is 0. The molecule has 2 heteroatoms. The summed E-state index contributed by atoms with van der Waals surface area (Å²) in [5, 5.41) is 0. The molecule has 54 valence electrons. The van der Waals surface area contributed by atoms with Crippen LogP contribution < -0.4 is 0 Å². The van der Waals surface area contributed by atoms with Crippen molar-refractivity contribution >= 4 is 26.8 Å². The molecule has 1 aromatic rings. The second-order valence-corrected chi connectivity index (χ2v) is 4.25. The molecule has 0 saturated heterocycles. The summed E-state index contributed by atoms with van der Waals surface area (Å²) >= 11 is 4.32. The van der Waals surface area contributed by atoms with E-state index in [1.807, 2.05) is 0 Å². The minimum atomic E-state index is 0.564. The molecule has 0 bridgehead atoms. The Balaban J connectivity index is 2.46. The molecule has 0 N–H and O–H groups in total. The number of hydrogen-bond acceptors (Lipinski definition) is 1. The van der Waals surface area contributed by atoms with E-state index < -0.39 is 0 Å². The van der Waals surface area contributed by atoms with Crippen molar-refractivity contribution in [3.05, 3.63) is 41.5 Å². The number of fused-ring (bicyclic) bond motifs is 1. The number of benzene rings is 1. The lowest BCUT2D eigenvalue weighted by Gasteiger charge is -2.04. The van der Waals surface area contributed by atoms with Crippen molar-refractivity contribution in [1.29, 1.82) is 0 Å². The van der Waals surface area contributed by atoms with E-state index in [9.17, 15) is 0 Å². The van der Waals surface area contributed by atoms with Crippen molar-refractivity contribution in [3.8, 4) is 0 Å². The maximum Gasteiger partial charge on any atom is 0.130 e. The van der Waals surface area contributed by atoms with Gasteiger partial charge in [0, 0.05) is 5.54 Å². The molecule has 0 spiro atoms. The quantitative estimate of drug-likeness (QED) is 0.492. The Hall–Kier alpha value is -0.473. The van der Waals surface area contributed by atoms with Crippen LogP contribution in [0.1, 0.15) is 16.7 Å². The van der Waals surface area contributed by atoms with Crippen LogP contribution in [0.25, 0.3) is 6.08 Å². The van der Waals surface area contributed by atoms with Gasteiger partial charge in [0.2, 0.25) is 0 Å². The van der Waals surface area contributed by atoms with E-state index in [0.717, 1.165) is 0 Å². The van der Waals surface area contributed by atoms with Gasteiger partial charge in [0.05, 0.1) is 0 Å². The fraction of sp³-hybridized carbons (Fsp3) is 0.111. The Morgan fingerprint density at radius 1 is 1.27 bits per heavy atom. The fourth-order valence-electron chi connectivity index (χ4n) is 1.36. The lowest BCUT2D eigenvalue weighted by atomic mass is 10.1. The molecule has 1 aromatic carbocycles. The van der Waals surface area contributed by atoms with Crippen LogP contribution >= 0.6 is 12.1 Å². The Kier molecular flexibility index (Phi) is 1.88. The summed E-state index contributed by atoms with van der Waals surface area (Å²) < 4.78 is 0. The van der Waals surface area contributed by atoms with E-state index in [2.05, 4.69) is 48.5 Å². The fourth-order valence-corrected chi connectivity index (χ4v) is 2.62. The molecule has 0 aromatic heterocycles. The standard InChI is InChI=1S/C9H8SSi/c10-11-9-6-5-7-3-1-2-4-8(7)9/h1-6,9-10H. The van der Waals surface area contributed by atoms with Gasteiger partial charge in [0.1, 0.15) is 8.67 Å². The van der Waals surface area contributed by atoms with E-state index in [0.29, 0.717) is 14.2 Å². The van der Waals surface area contributed by atoms with E-state index >= 15 is 0 Å². The third-order valence-corrected chi connectivity index (χ3v) is 3.55. The summed E-state index contributed by atoms with van der Waals surface area (Å²) in [6.07, 6.45) is 4.42.